The van der Waals surface area contributed by atoms with Crippen LogP contribution in [0.2, 0.25) is 5.02 Å². The zero-order chi connectivity index (χ0) is 25.7. The van der Waals surface area contributed by atoms with E-state index in [2.05, 4.69) is 32.2 Å². The van der Waals surface area contributed by atoms with Crippen LogP contribution in [0.15, 0.2) is 48.8 Å². The normalized spacial score (nSPS) is 13.2. The van der Waals surface area contributed by atoms with E-state index in [0.29, 0.717) is 10.6 Å². The number of carbonyl (C=O) groups is 3. The summed E-state index contributed by atoms with van der Waals surface area (Å²) in [7, 11) is 2.53. The second kappa shape index (κ2) is 11.3. The molecule has 2 heterocycles. The molecule has 0 bridgehead atoms. The maximum atomic E-state index is 12.7. The van der Waals surface area contributed by atoms with Crippen LogP contribution >= 0.6 is 11.6 Å². The average Bonchev–Trinajstić information content (AvgIpc) is 3.37. The molecule has 1 saturated heterocycles. The third-order valence-corrected chi connectivity index (χ3v) is 6.36. The van der Waals surface area contributed by atoms with E-state index >= 15 is 0 Å². The lowest BCUT2D eigenvalue weighted by Crippen LogP contribution is -2.29. The molecule has 188 valence electrons. The first kappa shape index (κ1) is 25.2. The van der Waals surface area contributed by atoms with Crippen molar-refractivity contribution >= 4 is 40.8 Å². The maximum absolute atomic E-state index is 12.7. The molecule has 10 heteroatoms. The predicted molar refractivity (Wildman–Crippen MR) is 136 cm³/mol. The molecule has 1 aliphatic heterocycles. The first-order valence-corrected chi connectivity index (χ1v) is 11.9. The van der Waals surface area contributed by atoms with Gasteiger partial charge >= 0.3 is 11.9 Å². The Balaban J connectivity index is 1.55. The lowest BCUT2D eigenvalue weighted by atomic mass is 10.0. The van der Waals surface area contributed by atoms with E-state index in [1.54, 1.807) is 6.07 Å². The van der Waals surface area contributed by atoms with Gasteiger partial charge in [0.1, 0.15) is 6.54 Å². The van der Waals surface area contributed by atoms with Crippen LogP contribution < -0.4 is 10.2 Å². The lowest BCUT2D eigenvalue weighted by molar-refractivity contribution is -0.116. The fraction of sp³-hybridized carbons (Fsp3) is 0.308. The molecule has 2 aromatic carbocycles. The Bertz CT molecular complexity index is 1270. The van der Waals surface area contributed by atoms with E-state index in [1.165, 1.54) is 56.6 Å². The minimum absolute atomic E-state index is 0.168. The molecule has 0 unspecified atom stereocenters. The van der Waals surface area contributed by atoms with Gasteiger partial charge in [-0.25, -0.2) is 9.59 Å². The molecule has 0 atom stereocenters. The van der Waals surface area contributed by atoms with E-state index in [9.17, 15) is 14.4 Å². The van der Waals surface area contributed by atoms with Crippen molar-refractivity contribution in [3.05, 3.63) is 64.9 Å². The van der Waals surface area contributed by atoms with Crippen LogP contribution in [0.4, 0.5) is 11.4 Å². The van der Waals surface area contributed by atoms with Crippen LogP contribution in [0.5, 0.6) is 0 Å². The summed E-state index contributed by atoms with van der Waals surface area (Å²) in [5, 5.41) is 7.05. The number of esters is 2. The number of halogens is 1. The molecule has 0 spiro atoms. The third-order valence-electron chi connectivity index (χ3n) is 6.05. The molecule has 36 heavy (non-hydrogen) atoms. The number of hydrogen-bond donors (Lipinski definition) is 1. The Morgan fingerprint density at radius 1 is 1.00 bits per heavy atom. The van der Waals surface area contributed by atoms with Crippen LogP contribution in [0.3, 0.4) is 0 Å². The molecule has 0 saturated carbocycles. The predicted octanol–water partition coefficient (Wildman–Crippen LogP) is 4.41. The molecule has 1 N–H and O–H groups in total. The summed E-state index contributed by atoms with van der Waals surface area (Å²) < 4.78 is 10.9. The minimum Gasteiger partial charge on any atom is -0.465 e. The monoisotopic (exact) mass is 510 g/mol. The van der Waals surface area contributed by atoms with E-state index in [1.807, 2.05) is 12.1 Å². The molecular weight excluding hydrogens is 484 g/mol. The van der Waals surface area contributed by atoms with Gasteiger partial charge in [0.2, 0.25) is 5.91 Å². The number of methoxy groups -OCH3 is 2. The molecule has 0 aliphatic carbocycles. The molecule has 1 aromatic heterocycles. The Kier molecular flexibility index (Phi) is 7.90. The second-order valence-electron chi connectivity index (χ2n) is 8.43. The number of benzene rings is 2. The van der Waals surface area contributed by atoms with Crippen LogP contribution in [-0.2, 0) is 20.8 Å². The molecule has 4 rings (SSSR count). The van der Waals surface area contributed by atoms with Gasteiger partial charge in [-0.3, -0.25) is 9.48 Å². The van der Waals surface area contributed by atoms with Crippen molar-refractivity contribution < 1.29 is 23.9 Å². The molecule has 9 nitrogen and oxygen atoms in total. The highest BCUT2D eigenvalue weighted by Gasteiger charge is 2.20. The number of aromatic nitrogens is 2. The van der Waals surface area contributed by atoms with Crippen molar-refractivity contribution in [1.82, 2.24) is 9.78 Å². The van der Waals surface area contributed by atoms with Gasteiger partial charge in [0.15, 0.2) is 0 Å². The van der Waals surface area contributed by atoms with Crippen molar-refractivity contribution in [1.29, 1.82) is 0 Å². The van der Waals surface area contributed by atoms with Crippen molar-refractivity contribution in [3.63, 3.8) is 0 Å². The topological polar surface area (TPSA) is 103 Å². The summed E-state index contributed by atoms with van der Waals surface area (Å²) in [6.07, 6.45) is 6.35. The number of ether oxygens (including phenoxy) is 2. The first-order valence-electron chi connectivity index (χ1n) is 11.6. The maximum Gasteiger partial charge on any atom is 0.341 e. The quantitative estimate of drug-likeness (QED) is 0.470. The molecular formula is C26H27ClN4O5. The number of piperidine rings is 1. The van der Waals surface area contributed by atoms with Gasteiger partial charge in [-0.15, -0.1) is 0 Å². The van der Waals surface area contributed by atoms with Gasteiger partial charge in [0, 0.05) is 30.5 Å². The minimum atomic E-state index is -0.611. The molecule has 1 aliphatic rings. The first-order chi connectivity index (χ1) is 17.4. The van der Waals surface area contributed by atoms with E-state index in [0.717, 1.165) is 24.3 Å². The number of hydrogen-bond acceptors (Lipinski definition) is 7. The lowest BCUT2D eigenvalue weighted by Gasteiger charge is -2.29. The van der Waals surface area contributed by atoms with Crippen LogP contribution in [0, 0.1) is 0 Å². The highest BCUT2D eigenvalue weighted by molar-refractivity contribution is 6.34. The summed E-state index contributed by atoms with van der Waals surface area (Å²) in [4.78, 5) is 39.2. The van der Waals surface area contributed by atoms with Crippen molar-refractivity contribution in [2.75, 3.05) is 37.5 Å². The summed E-state index contributed by atoms with van der Waals surface area (Å²) in [6.45, 7) is 1.90. The second-order valence-corrected chi connectivity index (χ2v) is 8.84. The van der Waals surface area contributed by atoms with Gasteiger partial charge < -0.3 is 19.7 Å². The highest BCUT2D eigenvalue weighted by Crippen LogP contribution is 2.35. The molecule has 3 aromatic rings. The third kappa shape index (κ3) is 5.68. The fourth-order valence-corrected chi connectivity index (χ4v) is 4.46. The Morgan fingerprint density at radius 3 is 2.36 bits per heavy atom. The van der Waals surface area contributed by atoms with E-state index in [-0.39, 0.29) is 23.4 Å². The van der Waals surface area contributed by atoms with Crippen LogP contribution in [0.25, 0.3) is 11.1 Å². The molecule has 1 fully saturated rings. The SMILES string of the molecule is COC(=O)c1cnn(CC(=O)Nc2cc(Cl)c(-c3ccc(N4CCCCC4)cc3)cc2C(=O)OC)c1. The van der Waals surface area contributed by atoms with Crippen LogP contribution in [0.1, 0.15) is 40.0 Å². The Morgan fingerprint density at radius 2 is 1.69 bits per heavy atom. The zero-order valence-corrected chi connectivity index (χ0v) is 20.9. The fourth-order valence-electron chi connectivity index (χ4n) is 4.19. The zero-order valence-electron chi connectivity index (χ0n) is 20.1. The smallest absolute Gasteiger partial charge is 0.341 e. The van der Waals surface area contributed by atoms with Gasteiger partial charge in [-0.1, -0.05) is 23.7 Å². The largest absolute Gasteiger partial charge is 0.465 e. The Hall–Kier alpha value is -3.85. The average molecular weight is 511 g/mol. The number of nitrogens with zero attached hydrogens (tertiary/aromatic N) is 3. The van der Waals surface area contributed by atoms with Crippen LogP contribution in [-0.4, -0.2) is 54.9 Å². The van der Waals surface area contributed by atoms with Crippen molar-refractivity contribution in [3.8, 4) is 11.1 Å². The Labute approximate surface area is 213 Å². The number of nitrogens with one attached hydrogen (secondary N) is 1. The molecule has 1 amide bonds. The number of carbonyl (C=O) groups excluding carboxylic acids is 3. The highest BCUT2D eigenvalue weighted by atomic mass is 35.5. The number of anilines is 2. The van der Waals surface area contributed by atoms with Gasteiger partial charge in [0.25, 0.3) is 0 Å². The van der Waals surface area contributed by atoms with Crippen molar-refractivity contribution in [2.45, 2.75) is 25.8 Å². The standard InChI is InChI=1S/C26H27ClN4O5/c1-35-25(33)18-14-28-31(15-18)16-24(32)29-23-13-22(27)20(12-21(23)26(34)36-2)17-6-8-19(9-7-17)30-10-4-3-5-11-30/h6-9,12-15H,3-5,10-11,16H2,1-2H3,(H,29,32). The summed E-state index contributed by atoms with van der Waals surface area (Å²) in [5.41, 5.74) is 3.25. The summed E-state index contributed by atoms with van der Waals surface area (Å²) >= 11 is 6.59. The van der Waals surface area contributed by atoms with Gasteiger partial charge in [-0.2, -0.15) is 5.10 Å². The van der Waals surface area contributed by atoms with Crippen molar-refractivity contribution in [2.24, 2.45) is 0 Å². The van der Waals surface area contributed by atoms with E-state index in [4.69, 9.17) is 16.3 Å². The summed E-state index contributed by atoms with van der Waals surface area (Å²) in [6, 6.07) is 11.2. The number of rotatable bonds is 7. The van der Waals surface area contributed by atoms with Gasteiger partial charge in [0.05, 0.1) is 42.3 Å². The number of amides is 1. The summed E-state index contributed by atoms with van der Waals surface area (Å²) in [5.74, 6) is -1.63. The van der Waals surface area contributed by atoms with Gasteiger partial charge in [-0.05, 0) is 49.1 Å². The van der Waals surface area contributed by atoms with E-state index < -0.39 is 17.8 Å². The molecule has 0 radical (unpaired) electrons.